The molecule has 2 N–H and O–H groups in total. The van der Waals surface area contributed by atoms with Gasteiger partial charge in [0.15, 0.2) is 5.69 Å². The number of hydrogen-bond donors (Lipinski definition) is 2. The Hall–Kier alpha value is -3.69. The first-order valence-electron chi connectivity index (χ1n) is 9.99. The Labute approximate surface area is 197 Å². The number of thiophene rings is 1. The van der Waals surface area contributed by atoms with Gasteiger partial charge in [-0.25, -0.2) is 9.59 Å². The first-order valence-corrected chi connectivity index (χ1v) is 11.3. The van der Waals surface area contributed by atoms with Crippen LogP contribution in [0.15, 0.2) is 58.7 Å². The number of aromatic nitrogens is 2. The Balaban J connectivity index is 1.78. The number of carbonyl (C=O) groups is 2. The van der Waals surface area contributed by atoms with Crippen LogP contribution in [0.4, 0.5) is 15.5 Å². The Bertz CT molecular complexity index is 1400. The fourth-order valence-electron chi connectivity index (χ4n) is 3.15. The van der Waals surface area contributed by atoms with Crippen molar-refractivity contribution < 1.29 is 14.3 Å². The SMILES string of the molecule is CCOC(=O)c1nn(-c2ccc(Cl)cc2)c(=O)c2c(NC(=O)Nc3ccc(C)cc3)scc12. The molecule has 2 aromatic carbocycles. The van der Waals surface area contributed by atoms with Crippen molar-refractivity contribution in [2.75, 3.05) is 17.2 Å². The molecule has 4 aromatic rings. The monoisotopic (exact) mass is 482 g/mol. The van der Waals surface area contributed by atoms with E-state index in [0.29, 0.717) is 21.8 Å². The van der Waals surface area contributed by atoms with Gasteiger partial charge < -0.3 is 10.1 Å². The summed E-state index contributed by atoms with van der Waals surface area (Å²) in [4.78, 5) is 38.5. The maximum atomic E-state index is 13.4. The van der Waals surface area contributed by atoms with E-state index in [9.17, 15) is 14.4 Å². The first-order chi connectivity index (χ1) is 15.9. The average Bonchev–Trinajstić information content (AvgIpc) is 3.20. The Kier molecular flexibility index (Phi) is 6.43. The fourth-order valence-corrected chi connectivity index (χ4v) is 4.21. The van der Waals surface area contributed by atoms with Crippen LogP contribution in [0, 0.1) is 6.92 Å². The van der Waals surface area contributed by atoms with Crippen LogP contribution in [-0.4, -0.2) is 28.4 Å². The number of carbonyl (C=O) groups excluding carboxylic acids is 2. The van der Waals surface area contributed by atoms with E-state index in [2.05, 4.69) is 15.7 Å². The van der Waals surface area contributed by atoms with Crippen molar-refractivity contribution >= 4 is 56.4 Å². The van der Waals surface area contributed by atoms with Gasteiger partial charge in [-0.3, -0.25) is 10.1 Å². The van der Waals surface area contributed by atoms with Crippen molar-refractivity contribution in [3.63, 3.8) is 0 Å². The predicted octanol–water partition coefficient (Wildman–Crippen LogP) is 5.23. The third-order valence-corrected chi connectivity index (χ3v) is 5.88. The van der Waals surface area contributed by atoms with Gasteiger partial charge in [0.25, 0.3) is 5.56 Å². The van der Waals surface area contributed by atoms with Crippen molar-refractivity contribution in [2.24, 2.45) is 0 Å². The zero-order valence-electron chi connectivity index (χ0n) is 17.7. The summed E-state index contributed by atoms with van der Waals surface area (Å²) in [7, 11) is 0. The third-order valence-electron chi connectivity index (χ3n) is 4.73. The molecule has 10 heteroatoms. The highest BCUT2D eigenvalue weighted by molar-refractivity contribution is 7.16. The quantitative estimate of drug-likeness (QED) is 0.379. The van der Waals surface area contributed by atoms with Crippen LogP contribution in [0.3, 0.4) is 0 Å². The highest BCUT2D eigenvalue weighted by Crippen LogP contribution is 2.31. The molecule has 168 valence electrons. The van der Waals surface area contributed by atoms with Crippen molar-refractivity contribution in [3.05, 3.63) is 80.5 Å². The van der Waals surface area contributed by atoms with Crippen LogP contribution in [0.25, 0.3) is 16.5 Å². The molecule has 0 saturated carbocycles. The summed E-state index contributed by atoms with van der Waals surface area (Å²) in [5, 5.41) is 12.5. The minimum atomic E-state index is -0.668. The average molecular weight is 483 g/mol. The molecule has 0 spiro atoms. The zero-order valence-corrected chi connectivity index (χ0v) is 19.3. The van der Waals surface area contributed by atoms with Crippen LogP contribution in [0.2, 0.25) is 5.02 Å². The molecular formula is C23H19ClN4O4S. The van der Waals surface area contributed by atoms with Gasteiger partial charge in [-0.15, -0.1) is 11.3 Å². The molecule has 2 aromatic heterocycles. The topological polar surface area (TPSA) is 102 Å². The highest BCUT2D eigenvalue weighted by atomic mass is 35.5. The number of esters is 1. The maximum Gasteiger partial charge on any atom is 0.359 e. The number of benzene rings is 2. The van der Waals surface area contributed by atoms with E-state index in [1.165, 1.54) is 0 Å². The first kappa shape index (κ1) is 22.5. The van der Waals surface area contributed by atoms with Gasteiger partial charge in [-0.05, 0) is 50.2 Å². The largest absolute Gasteiger partial charge is 0.461 e. The molecule has 2 heterocycles. The predicted molar refractivity (Wildman–Crippen MR) is 130 cm³/mol. The standard InChI is InChI=1S/C23H19ClN4O4S/c1-3-32-22(30)19-17-12-33-20(26-23(31)25-15-8-4-13(2)5-9-15)18(17)21(29)28(27-19)16-10-6-14(24)7-11-16/h4-12H,3H2,1-2H3,(H2,25,26,31). The summed E-state index contributed by atoms with van der Waals surface area (Å²) in [6.45, 7) is 3.78. The van der Waals surface area contributed by atoms with Gasteiger partial charge in [0.05, 0.1) is 17.7 Å². The van der Waals surface area contributed by atoms with Gasteiger partial charge in [-0.1, -0.05) is 29.3 Å². The number of amides is 2. The van der Waals surface area contributed by atoms with Gasteiger partial charge in [0.2, 0.25) is 0 Å². The Morgan fingerprint density at radius 2 is 1.79 bits per heavy atom. The van der Waals surface area contributed by atoms with Crippen molar-refractivity contribution in [1.82, 2.24) is 9.78 Å². The molecule has 2 amide bonds. The molecule has 0 saturated heterocycles. The van der Waals surface area contributed by atoms with E-state index >= 15 is 0 Å². The second-order valence-electron chi connectivity index (χ2n) is 7.06. The fraction of sp³-hybridized carbons (Fsp3) is 0.130. The van der Waals surface area contributed by atoms with E-state index in [4.69, 9.17) is 16.3 Å². The number of urea groups is 1. The minimum Gasteiger partial charge on any atom is -0.461 e. The molecule has 0 radical (unpaired) electrons. The molecule has 33 heavy (non-hydrogen) atoms. The van der Waals surface area contributed by atoms with Crippen LogP contribution in [0.1, 0.15) is 23.0 Å². The molecule has 8 nitrogen and oxygen atoms in total. The van der Waals surface area contributed by atoms with Crippen LogP contribution >= 0.6 is 22.9 Å². The number of nitrogens with one attached hydrogen (secondary N) is 2. The number of ether oxygens (including phenoxy) is 1. The molecule has 0 bridgehead atoms. The summed E-state index contributed by atoms with van der Waals surface area (Å²) in [5.41, 5.74) is 1.56. The lowest BCUT2D eigenvalue weighted by molar-refractivity contribution is 0.0520. The smallest absolute Gasteiger partial charge is 0.359 e. The number of halogens is 1. The summed E-state index contributed by atoms with van der Waals surface area (Å²) in [5.74, 6) is -0.668. The van der Waals surface area contributed by atoms with E-state index in [0.717, 1.165) is 21.6 Å². The molecule has 0 unspecified atom stereocenters. The zero-order chi connectivity index (χ0) is 23.5. The normalized spacial score (nSPS) is 10.8. The summed E-state index contributed by atoms with van der Waals surface area (Å²) in [6, 6.07) is 13.2. The minimum absolute atomic E-state index is 0.0235. The lowest BCUT2D eigenvalue weighted by atomic mass is 10.2. The molecular weight excluding hydrogens is 464 g/mol. The van der Waals surface area contributed by atoms with Crippen LogP contribution in [-0.2, 0) is 4.74 Å². The molecule has 0 aliphatic heterocycles. The number of nitrogens with zero attached hydrogens (tertiary/aromatic N) is 2. The van der Waals surface area contributed by atoms with Crippen molar-refractivity contribution in [1.29, 1.82) is 0 Å². The van der Waals surface area contributed by atoms with E-state index in [1.54, 1.807) is 48.7 Å². The third kappa shape index (κ3) is 4.74. The summed E-state index contributed by atoms with van der Waals surface area (Å²) >= 11 is 7.08. The van der Waals surface area contributed by atoms with Crippen LogP contribution in [0.5, 0.6) is 0 Å². The molecule has 0 atom stereocenters. The van der Waals surface area contributed by atoms with Gasteiger partial charge in [0.1, 0.15) is 5.00 Å². The molecule has 4 rings (SSSR count). The number of aryl methyl sites for hydroxylation is 1. The molecule has 0 aliphatic rings. The summed E-state index contributed by atoms with van der Waals surface area (Å²) < 4.78 is 6.23. The number of rotatable bonds is 5. The Morgan fingerprint density at radius 1 is 1.09 bits per heavy atom. The van der Waals surface area contributed by atoms with Crippen LogP contribution < -0.4 is 16.2 Å². The summed E-state index contributed by atoms with van der Waals surface area (Å²) in [6.07, 6.45) is 0. The lowest BCUT2D eigenvalue weighted by Gasteiger charge is -2.10. The maximum absolute atomic E-state index is 13.4. The van der Waals surface area contributed by atoms with E-state index in [1.807, 2.05) is 19.1 Å². The van der Waals surface area contributed by atoms with Gasteiger partial charge >= 0.3 is 12.0 Å². The number of anilines is 2. The van der Waals surface area contributed by atoms with Crippen molar-refractivity contribution in [2.45, 2.75) is 13.8 Å². The second kappa shape index (κ2) is 9.43. The highest BCUT2D eigenvalue weighted by Gasteiger charge is 2.23. The Morgan fingerprint density at radius 3 is 2.45 bits per heavy atom. The molecule has 0 aliphatic carbocycles. The molecule has 0 fully saturated rings. The van der Waals surface area contributed by atoms with E-state index in [-0.39, 0.29) is 22.7 Å². The number of hydrogen-bond acceptors (Lipinski definition) is 6. The lowest BCUT2D eigenvalue weighted by Crippen LogP contribution is -2.26. The number of fused-ring (bicyclic) bond motifs is 1. The van der Waals surface area contributed by atoms with Crippen molar-refractivity contribution in [3.8, 4) is 5.69 Å². The van der Waals surface area contributed by atoms with Gasteiger partial charge in [-0.2, -0.15) is 9.78 Å². The van der Waals surface area contributed by atoms with Gasteiger partial charge in [0, 0.05) is 21.5 Å². The van der Waals surface area contributed by atoms with E-state index < -0.39 is 17.6 Å². The second-order valence-corrected chi connectivity index (χ2v) is 8.38.